The van der Waals surface area contributed by atoms with E-state index in [-0.39, 0.29) is 16.9 Å². The van der Waals surface area contributed by atoms with Gasteiger partial charge in [0.05, 0.1) is 22.4 Å². The summed E-state index contributed by atoms with van der Waals surface area (Å²) in [5.74, 6) is -0.229. The van der Waals surface area contributed by atoms with Crippen molar-refractivity contribution >= 4 is 45.9 Å². The molecule has 0 spiro atoms. The second-order valence-electron chi connectivity index (χ2n) is 9.90. The summed E-state index contributed by atoms with van der Waals surface area (Å²) < 4.78 is 0. The monoisotopic (exact) mass is 491 g/mol. The van der Waals surface area contributed by atoms with Gasteiger partial charge in [0.2, 0.25) is 0 Å². The predicted molar refractivity (Wildman–Crippen MR) is 138 cm³/mol. The van der Waals surface area contributed by atoms with Gasteiger partial charge in [-0.25, -0.2) is 9.97 Å². The molecule has 1 aliphatic heterocycles. The number of ketones is 1. The molecular weight excluding hydrogens is 462 g/mol. The zero-order valence-corrected chi connectivity index (χ0v) is 21.4. The topological polar surface area (TPSA) is 99.3 Å². The maximum atomic E-state index is 12.8. The smallest absolute Gasteiger partial charge is 0.293 e. The summed E-state index contributed by atoms with van der Waals surface area (Å²) in [6.07, 6.45) is 5.69. The Balaban J connectivity index is 1.49. The highest BCUT2D eigenvalue weighted by molar-refractivity contribution is 8.18. The number of carbonyl (C=O) groups excluding carboxylic acids is 3. The van der Waals surface area contributed by atoms with Crippen molar-refractivity contribution in [3.8, 4) is 0 Å². The average molecular weight is 492 g/mol. The van der Waals surface area contributed by atoms with E-state index in [1.165, 1.54) is 4.90 Å². The molecule has 1 N–H and O–H groups in total. The van der Waals surface area contributed by atoms with Gasteiger partial charge in [-0.2, -0.15) is 0 Å². The number of likely N-dealkylation sites (N-methyl/N-ethyl adjacent to an activating group) is 1. The second kappa shape index (κ2) is 9.75. The summed E-state index contributed by atoms with van der Waals surface area (Å²) in [4.78, 5) is 53.5. The van der Waals surface area contributed by atoms with Crippen LogP contribution in [-0.4, -0.2) is 68.9 Å². The molecule has 0 aliphatic carbocycles. The number of fused-ring (bicyclic) bond motifs is 1. The van der Waals surface area contributed by atoms with Crippen LogP contribution < -0.4 is 0 Å². The van der Waals surface area contributed by atoms with Gasteiger partial charge in [-0.05, 0) is 43.1 Å². The quantitative estimate of drug-likeness (QED) is 0.387. The molecular formula is C26H29N5O3S. The average Bonchev–Trinajstić information content (AvgIpc) is 3.32. The molecule has 9 heteroatoms. The van der Waals surface area contributed by atoms with Gasteiger partial charge >= 0.3 is 0 Å². The molecule has 8 nitrogen and oxygen atoms in total. The van der Waals surface area contributed by atoms with Gasteiger partial charge in [0.25, 0.3) is 11.1 Å². The van der Waals surface area contributed by atoms with E-state index >= 15 is 0 Å². The molecule has 0 unspecified atom stereocenters. The van der Waals surface area contributed by atoms with Gasteiger partial charge in [-0.1, -0.05) is 45.0 Å². The molecule has 1 aromatic carbocycles. The predicted octanol–water partition coefficient (Wildman–Crippen LogP) is 4.38. The first-order chi connectivity index (χ1) is 16.5. The molecule has 3 heterocycles. The van der Waals surface area contributed by atoms with E-state index in [1.807, 2.05) is 64.0 Å². The molecule has 182 valence electrons. The molecule has 4 rings (SSSR count). The Kier molecular flexibility index (Phi) is 6.91. The van der Waals surface area contributed by atoms with E-state index in [0.29, 0.717) is 41.1 Å². The molecule has 1 fully saturated rings. The van der Waals surface area contributed by atoms with Crippen molar-refractivity contribution in [2.75, 3.05) is 27.2 Å². The summed E-state index contributed by atoms with van der Waals surface area (Å²) in [6, 6.07) is 7.76. The number of imide groups is 1. The fraction of sp³-hybridized carbons (Fsp3) is 0.346. The standard InChI is InChI=1S/C26H29N5O3S/c1-26(2,3)22(32)19-15-28-23-21(19)29-18(14-27-23)12-16-6-8-17(9-7-16)13-20-24(33)31(25(34)35-20)11-10-30(4)5/h6-9,13-15H,10-12H2,1-5H3,(H,27,28). The van der Waals surface area contributed by atoms with Crippen molar-refractivity contribution in [1.29, 1.82) is 0 Å². The number of amides is 2. The fourth-order valence-corrected chi connectivity index (χ4v) is 4.54. The fourth-order valence-electron chi connectivity index (χ4n) is 3.68. The summed E-state index contributed by atoms with van der Waals surface area (Å²) in [5, 5.41) is -0.234. The van der Waals surface area contributed by atoms with Crippen molar-refractivity contribution in [2.24, 2.45) is 5.41 Å². The van der Waals surface area contributed by atoms with Crippen molar-refractivity contribution < 1.29 is 14.4 Å². The van der Waals surface area contributed by atoms with Gasteiger partial charge in [-0.3, -0.25) is 19.3 Å². The van der Waals surface area contributed by atoms with E-state index in [0.717, 1.165) is 28.6 Å². The molecule has 2 amide bonds. The number of thioether (sulfide) groups is 1. The van der Waals surface area contributed by atoms with Crippen LogP contribution in [0.3, 0.4) is 0 Å². The first-order valence-corrected chi connectivity index (χ1v) is 12.2. The number of H-pyrrole nitrogens is 1. The number of nitrogens with one attached hydrogen (secondary N) is 1. The van der Waals surface area contributed by atoms with E-state index in [4.69, 9.17) is 4.98 Å². The lowest BCUT2D eigenvalue weighted by Gasteiger charge is -2.15. The number of rotatable bonds is 7. The third-order valence-electron chi connectivity index (χ3n) is 5.66. The SMILES string of the molecule is CN(C)CCN1C(=O)SC(=Cc2ccc(Cc3cnc4[nH]cc(C(=O)C(C)(C)C)c4n3)cc2)C1=O. The van der Waals surface area contributed by atoms with Crippen LogP contribution in [0.1, 0.15) is 48.0 Å². The third kappa shape index (κ3) is 5.52. The number of carbonyl (C=O) groups is 3. The van der Waals surface area contributed by atoms with Crippen LogP contribution in [0.4, 0.5) is 4.79 Å². The molecule has 0 radical (unpaired) electrons. The lowest BCUT2D eigenvalue weighted by atomic mass is 9.87. The Morgan fingerprint density at radius 3 is 2.54 bits per heavy atom. The third-order valence-corrected chi connectivity index (χ3v) is 6.57. The maximum absolute atomic E-state index is 12.8. The minimum atomic E-state index is -0.510. The minimum Gasteiger partial charge on any atom is -0.344 e. The molecule has 1 aliphatic rings. The number of nitrogens with zero attached hydrogens (tertiary/aromatic N) is 4. The highest BCUT2D eigenvalue weighted by Gasteiger charge is 2.34. The highest BCUT2D eigenvalue weighted by Crippen LogP contribution is 2.32. The number of aromatic nitrogens is 3. The minimum absolute atomic E-state index is 0.0191. The van der Waals surface area contributed by atoms with Gasteiger partial charge < -0.3 is 9.88 Å². The lowest BCUT2D eigenvalue weighted by molar-refractivity contribution is -0.122. The number of aromatic amines is 1. The lowest BCUT2D eigenvalue weighted by Crippen LogP contribution is -2.34. The summed E-state index contributed by atoms with van der Waals surface area (Å²) in [5.41, 5.74) is 3.85. The Hall–Kier alpha value is -3.30. The van der Waals surface area contributed by atoms with Gasteiger partial charge in [0.1, 0.15) is 5.52 Å². The zero-order chi connectivity index (χ0) is 25.3. The largest absolute Gasteiger partial charge is 0.344 e. The molecule has 0 atom stereocenters. The van der Waals surface area contributed by atoms with Crippen molar-refractivity contribution in [3.05, 3.63) is 63.9 Å². The number of benzene rings is 1. The Morgan fingerprint density at radius 1 is 1.17 bits per heavy atom. The van der Waals surface area contributed by atoms with Crippen molar-refractivity contribution in [3.63, 3.8) is 0 Å². The zero-order valence-electron chi connectivity index (χ0n) is 20.6. The summed E-state index contributed by atoms with van der Waals surface area (Å²) >= 11 is 0.974. The van der Waals surface area contributed by atoms with Crippen LogP contribution in [-0.2, 0) is 11.2 Å². The van der Waals surface area contributed by atoms with E-state index in [9.17, 15) is 14.4 Å². The Bertz CT molecular complexity index is 1320. The van der Waals surface area contributed by atoms with Crippen LogP contribution in [0.25, 0.3) is 17.2 Å². The summed E-state index contributed by atoms with van der Waals surface area (Å²) in [7, 11) is 3.81. The number of Topliss-reactive ketones (excluding diaryl/α,β-unsaturated/α-hetero) is 1. The van der Waals surface area contributed by atoms with Gasteiger partial charge in [0.15, 0.2) is 11.4 Å². The highest BCUT2D eigenvalue weighted by atomic mass is 32.2. The van der Waals surface area contributed by atoms with E-state index in [2.05, 4.69) is 9.97 Å². The van der Waals surface area contributed by atoms with Crippen LogP contribution in [0.15, 0.2) is 41.6 Å². The van der Waals surface area contributed by atoms with Crippen molar-refractivity contribution in [1.82, 2.24) is 24.8 Å². The van der Waals surface area contributed by atoms with Crippen LogP contribution in [0.2, 0.25) is 0 Å². The summed E-state index contributed by atoms with van der Waals surface area (Å²) in [6.45, 7) is 6.67. The Morgan fingerprint density at radius 2 is 1.89 bits per heavy atom. The van der Waals surface area contributed by atoms with E-state index in [1.54, 1.807) is 18.5 Å². The van der Waals surface area contributed by atoms with Crippen LogP contribution in [0.5, 0.6) is 0 Å². The molecule has 3 aromatic rings. The van der Waals surface area contributed by atoms with Crippen LogP contribution >= 0.6 is 11.8 Å². The van der Waals surface area contributed by atoms with E-state index < -0.39 is 5.41 Å². The molecule has 35 heavy (non-hydrogen) atoms. The molecule has 0 bridgehead atoms. The first-order valence-electron chi connectivity index (χ1n) is 11.4. The normalized spacial score (nSPS) is 15.7. The molecule has 0 saturated carbocycles. The number of hydrogen-bond donors (Lipinski definition) is 1. The molecule has 1 saturated heterocycles. The number of hydrogen-bond acceptors (Lipinski definition) is 7. The molecule has 2 aromatic heterocycles. The van der Waals surface area contributed by atoms with Crippen molar-refractivity contribution in [2.45, 2.75) is 27.2 Å². The second-order valence-corrected chi connectivity index (χ2v) is 10.9. The maximum Gasteiger partial charge on any atom is 0.293 e. The van der Waals surface area contributed by atoms with Crippen LogP contribution in [0, 0.1) is 5.41 Å². The van der Waals surface area contributed by atoms with Gasteiger partial charge in [0, 0.05) is 31.1 Å². The first kappa shape index (κ1) is 24.8. The Labute approximate surface area is 208 Å². The van der Waals surface area contributed by atoms with Gasteiger partial charge in [-0.15, -0.1) is 0 Å².